The molecular weight excluding hydrogens is 156 g/mol. The number of hydrogen-bond donors (Lipinski definition) is 1. The van der Waals surface area contributed by atoms with E-state index in [-0.39, 0.29) is 6.10 Å². The third-order valence-electron chi connectivity index (χ3n) is 2.42. The van der Waals surface area contributed by atoms with E-state index in [0.29, 0.717) is 0 Å². The molecule has 0 spiro atoms. The molecule has 1 saturated heterocycles. The monoisotopic (exact) mass is 174 g/mol. The number of rotatable bonds is 3. The van der Waals surface area contributed by atoms with E-state index in [1.54, 1.807) is 0 Å². The van der Waals surface area contributed by atoms with Gasteiger partial charge in [-0.15, -0.1) is 0 Å². The van der Waals surface area contributed by atoms with Crippen LogP contribution in [0.5, 0.6) is 0 Å². The topological polar surface area (TPSA) is 20.2 Å². The minimum Gasteiger partial charge on any atom is -0.393 e. The van der Waals surface area contributed by atoms with Gasteiger partial charge in [-0.2, -0.15) is 11.8 Å². The second kappa shape index (κ2) is 5.04. The summed E-state index contributed by atoms with van der Waals surface area (Å²) in [6.07, 6.45) is 4.56. The highest BCUT2D eigenvalue weighted by Gasteiger charge is 2.16. The Morgan fingerprint density at radius 1 is 1.45 bits per heavy atom. The Labute approximate surface area is 73.6 Å². The van der Waals surface area contributed by atoms with Gasteiger partial charge in [0.2, 0.25) is 0 Å². The number of aliphatic hydroxyl groups is 1. The molecule has 1 fully saturated rings. The maximum Gasteiger partial charge on any atom is 0.0540 e. The summed E-state index contributed by atoms with van der Waals surface area (Å²) in [4.78, 5) is 0. The molecule has 0 aliphatic carbocycles. The van der Waals surface area contributed by atoms with Gasteiger partial charge in [0.1, 0.15) is 0 Å². The Hall–Kier alpha value is 0.310. The van der Waals surface area contributed by atoms with E-state index in [1.807, 2.05) is 0 Å². The lowest BCUT2D eigenvalue weighted by molar-refractivity contribution is 0.135. The molecule has 1 aliphatic rings. The standard InChI is InChI=1S/C9H18OS/c1-2-9(10)7-8-3-5-11-6-4-8/h8-10H,2-7H2,1H3. The fourth-order valence-electron chi connectivity index (χ4n) is 1.53. The first kappa shape index (κ1) is 9.40. The van der Waals surface area contributed by atoms with Crippen LogP contribution in [0.1, 0.15) is 32.6 Å². The first-order valence-corrected chi connectivity index (χ1v) is 5.74. The van der Waals surface area contributed by atoms with Crippen LogP contribution < -0.4 is 0 Å². The summed E-state index contributed by atoms with van der Waals surface area (Å²) in [5, 5.41) is 9.40. The van der Waals surface area contributed by atoms with Gasteiger partial charge < -0.3 is 5.11 Å². The molecule has 0 aromatic carbocycles. The van der Waals surface area contributed by atoms with E-state index in [9.17, 15) is 5.11 Å². The normalized spacial score (nSPS) is 23.5. The molecule has 0 amide bonds. The molecule has 11 heavy (non-hydrogen) atoms. The van der Waals surface area contributed by atoms with Crippen molar-refractivity contribution >= 4 is 11.8 Å². The molecular formula is C9H18OS. The van der Waals surface area contributed by atoms with Gasteiger partial charge in [-0.3, -0.25) is 0 Å². The van der Waals surface area contributed by atoms with Crippen molar-refractivity contribution in [3.63, 3.8) is 0 Å². The number of thioether (sulfide) groups is 1. The Balaban J connectivity index is 2.13. The molecule has 0 radical (unpaired) electrons. The zero-order chi connectivity index (χ0) is 8.10. The van der Waals surface area contributed by atoms with E-state index in [2.05, 4.69) is 18.7 Å². The second-order valence-corrected chi connectivity index (χ2v) is 4.58. The average molecular weight is 174 g/mol. The highest BCUT2D eigenvalue weighted by molar-refractivity contribution is 7.99. The van der Waals surface area contributed by atoms with Crippen molar-refractivity contribution in [1.82, 2.24) is 0 Å². The maximum absolute atomic E-state index is 9.40. The smallest absolute Gasteiger partial charge is 0.0540 e. The van der Waals surface area contributed by atoms with Gasteiger partial charge in [-0.05, 0) is 43.1 Å². The highest BCUT2D eigenvalue weighted by atomic mass is 32.2. The molecule has 2 heteroatoms. The van der Waals surface area contributed by atoms with E-state index in [1.165, 1.54) is 24.3 Å². The summed E-state index contributed by atoms with van der Waals surface area (Å²) in [5.41, 5.74) is 0. The van der Waals surface area contributed by atoms with Crippen LogP contribution in [0, 0.1) is 5.92 Å². The van der Waals surface area contributed by atoms with Crippen molar-refractivity contribution in [2.45, 2.75) is 38.7 Å². The van der Waals surface area contributed by atoms with E-state index >= 15 is 0 Å². The fourth-order valence-corrected chi connectivity index (χ4v) is 2.74. The number of aliphatic hydroxyl groups excluding tert-OH is 1. The third kappa shape index (κ3) is 3.48. The maximum atomic E-state index is 9.40. The lowest BCUT2D eigenvalue weighted by Crippen LogP contribution is -2.16. The van der Waals surface area contributed by atoms with Gasteiger partial charge in [-0.1, -0.05) is 6.92 Å². The Bertz CT molecular complexity index is 99.7. The molecule has 1 nitrogen and oxygen atoms in total. The molecule has 1 atom stereocenters. The summed E-state index contributed by atoms with van der Waals surface area (Å²) in [6, 6.07) is 0. The predicted octanol–water partition coefficient (Wildman–Crippen LogP) is 2.29. The molecule has 1 unspecified atom stereocenters. The van der Waals surface area contributed by atoms with Crippen LogP contribution in [0.2, 0.25) is 0 Å². The quantitative estimate of drug-likeness (QED) is 0.708. The van der Waals surface area contributed by atoms with Crippen LogP contribution >= 0.6 is 11.8 Å². The van der Waals surface area contributed by atoms with E-state index in [4.69, 9.17) is 0 Å². The van der Waals surface area contributed by atoms with Crippen molar-refractivity contribution in [2.75, 3.05) is 11.5 Å². The van der Waals surface area contributed by atoms with Crippen LogP contribution in [0.25, 0.3) is 0 Å². The van der Waals surface area contributed by atoms with Crippen LogP contribution in [0.15, 0.2) is 0 Å². The third-order valence-corrected chi connectivity index (χ3v) is 3.47. The molecule has 0 bridgehead atoms. The minimum atomic E-state index is -0.0388. The summed E-state index contributed by atoms with van der Waals surface area (Å²) >= 11 is 2.05. The molecule has 0 aromatic heterocycles. The SMILES string of the molecule is CCC(O)CC1CCSCC1. The zero-order valence-corrected chi connectivity index (χ0v) is 8.07. The van der Waals surface area contributed by atoms with Crippen LogP contribution in [-0.4, -0.2) is 22.7 Å². The summed E-state index contributed by atoms with van der Waals surface area (Å²) < 4.78 is 0. The molecule has 1 rings (SSSR count). The second-order valence-electron chi connectivity index (χ2n) is 3.35. The summed E-state index contributed by atoms with van der Waals surface area (Å²) in [5.74, 6) is 3.42. The van der Waals surface area contributed by atoms with Crippen molar-refractivity contribution < 1.29 is 5.11 Å². The van der Waals surface area contributed by atoms with E-state index < -0.39 is 0 Å². The predicted molar refractivity (Wildman–Crippen MR) is 51.0 cm³/mol. The largest absolute Gasteiger partial charge is 0.393 e. The lowest BCUT2D eigenvalue weighted by Gasteiger charge is -2.23. The lowest BCUT2D eigenvalue weighted by atomic mass is 9.95. The van der Waals surface area contributed by atoms with Gasteiger partial charge in [-0.25, -0.2) is 0 Å². The van der Waals surface area contributed by atoms with Gasteiger partial charge in [0, 0.05) is 0 Å². The molecule has 1 heterocycles. The van der Waals surface area contributed by atoms with Crippen LogP contribution in [-0.2, 0) is 0 Å². The van der Waals surface area contributed by atoms with Crippen LogP contribution in [0.3, 0.4) is 0 Å². The minimum absolute atomic E-state index is 0.0388. The van der Waals surface area contributed by atoms with Gasteiger partial charge >= 0.3 is 0 Å². The molecule has 0 saturated carbocycles. The fraction of sp³-hybridized carbons (Fsp3) is 1.00. The molecule has 0 aromatic rings. The number of hydrogen-bond acceptors (Lipinski definition) is 2. The van der Waals surface area contributed by atoms with Crippen LogP contribution in [0.4, 0.5) is 0 Å². The highest BCUT2D eigenvalue weighted by Crippen LogP contribution is 2.26. The Morgan fingerprint density at radius 3 is 2.64 bits per heavy atom. The average Bonchev–Trinajstić information content (AvgIpc) is 2.06. The first-order chi connectivity index (χ1) is 5.33. The van der Waals surface area contributed by atoms with Crippen molar-refractivity contribution in [2.24, 2.45) is 5.92 Å². The van der Waals surface area contributed by atoms with E-state index in [0.717, 1.165) is 18.8 Å². The molecule has 66 valence electrons. The molecule has 1 aliphatic heterocycles. The van der Waals surface area contributed by atoms with Gasteiger partial charge in [0.15, 0.2) is 0 Å². The van der Waals surface area contributed by atoms with Crippen molar-refractivity contribution in [3.05, 3.63) is 0 Å². The first-order valence-electron chi connectivity index (χ1n) is 4.58. The Morgan fingerprint density at radius 2 is 2.09 bits per heavy atom. The van der Waals surface area contributed by atoms with Crippen molar-refractivity contribution in [3.8, 4) is 0 Å². The zero-order valence-electron chi connectivity index (χ0n) is 7.25. The summed E-state index contributed by atoms with van der Waals surface area (Å²) in [6.45, 7) is 2.06. The van der Waals surface area contributed by atoms with Gasteiger partial charge in [0.25, 0.3) is 0 Å². The molecule has 1 N–H and O–H groups in total. The Kier molecular flexibility index (Phi) is 4.31. The van der Waals surface area contributed by atoms with Gasteiger partial charge in [0.05, 0.1) is 6.10 Å². The summed E-state index contributed by atoms with van der Waals surface area (Å²) in [7, 11) is 0. The van der Waals surface area contributed by atoms with Crippen molar-refractivity contribution in [1.29, 1.82) is 0 Å².